The van der Waals surface area contributed by atoms with E-state index in [1.54, 1.807) is 11.3 Å². The second-order valence-electron chi connectivity index (χ2n) is 3.66. The quantitative estimate of drug-likeness (QED) is 0.733. The molecule has 0 radical (unpaired) electrons. The van der Waals surface area contributed by atoms with E-state index in [0.717, 1.165) is 18.7 Å². The zero-order chi connectivity index (χ0) is 9.31. The third-order valence-corrected chi connectivity index (χ3v) is 3.51. The Labute approximate surface area is 82.0 Å². The van der Waals surface area contributed by atoms with Gasteiger partial charge in [-0.25, -0.2) is 4.39 Å². The van der Waals surface area contributed by atoms with E-state index in [9.17, 15) is 4.39 Å². The molecule has 1 aromatic rings. The van der Waals surface area contributed by atoms with E-state index in [4.69, 9.17) is 0 Å². The molecule has 0 unspecified atom stereocenters. The molecule has 72 valence electrons. The molecule has 1 aromatic heterocycles. The Hall–Kier alpha value is -0.410. The van der Waals surface area contributed by atoms with Crippen molar-refractivity contribution in [1.82, 2.24) is 5.32 Å². The zero-order valence-corrected chi connectivity index (χ0v) is 8.59. The second kappa shape index (κ2) is 3.39. The van der Waals surface area contributed by atoms with E-state index in [1.807, 2.05) is 18.4 Å². The van der Waals surface area contributed by atoms with Crippen LogP contribution in [0.25, 0.3) is 0 Å². The van der Waals surface area contributed by atoms with Crippen molar-refractivity contribution in [3.63, 3.8) is 0 Å². The molecule has 1 fully saturated rings. The molecular formula is C10H14FNS. The molecule has 1 aliphatic rings. The smallest absolute Gasteiger partial charge is 0.139 e. The lowest BCUT2D eigenvalue weighted by Gasteiger charge is -2.29. The lowest BCUT2D eigenvalue weighted by atomic mass is 9.88. The molecule has 2 heterocycles. The van der Waals surface area contributed by atoms with Crippen LogP contribution in [0.1, 0.15) is 23.3 Å². The van der Waals surface area contributed by atoms with Gasteiger partial charge in [-0.15, -0.1) is 11.3 Å². The van der Waals surface area contributed by atoms with Crippen LogP contribution in [0.4, 0.5) is 4.39 Å². The summed E-state index contributed by atoms with van der Waals surface area (Å²) in [5.41, 5.74) is -0.174. The van der Waals surface area contributed by atoms with Gasteiger partial charge < -0.3 is 5.32 Å². The molecule has 0 amide bonds. The number of hydrogen-bond acceptors (Lipinski definition) is 2. The molecular weight excluding hydrogens is 185 g/mol. The van der Waals surface area contributed by atoms with Gasteiger partial charge in [0.05, 0.1) is 0 Å². The summed E-state index contributed by atoms with van der Waals surface area (Å²) in [5, 5.41) is 5.14. The predicted molar refractivity (Wildman–Crippen MR) is 53.9 cm³/mol. The molecule has 1 aliphatic heterocycles. The van der Waals surface area contributed by atoms with Crippen LogP contribution in [-0.2, 0) is 5.67 Å². The van der Waals surface area contributed by atoms with Gasteiger partial charge >= 0.3 is 0 Å². The van der Waals surface area contributed by atoms with Gasteiger partial charge in [-0.3, -0.25) is 0 Å². The number of nitrogens with one attached hydrogen (secondary N) is 1. The average molecular weight is 199 g/mol. The lowest BCUT2D eigenvalue weighted by molar-refractivity contribution is 0.116. The van der Waals surface area contributed by atoms with Gasteiger partial charge in [0.2, 0.25) is 0 Å². The first-order valence-corrected chi connectivity index (χ1v) is 5.54. The molecule has 3 heteroatoms. The monoisotopic (exact) mass is 199 g/mol. The first-order chi connectivity index (χ1) is 6.21. The Balaban J connectivity index is 2.22. The topological polar surface area (TPSA) is 12.0 Å². The van der Waals surface area contributed by atoms with Crippen LogP contribution in [0.2, 0.25) is 0 Å². The van der Waals surface area contributed by atoms with Gasteiger partial charge in [0, 0.05) is 10.4 Å². The summed E-state index contributed by atoms with van der Waals surface area (Å²) in [6.45, 7) is 3.62. The maximum Gasteiger partial charge on any atom is 0.139 e. The molecule has 1 N–H and O–H groups in total. The van der Waals surface area contributed by atoms with Gasteiger partial charge in [0.15, 0.2) is 0 Å². The standard InChI is InChI=1S/C10H14FNS/c1-8-6-9(7-13-8)10(11)2-4-12-5-3-10/h6-7,12H,2-5H2,1H3. The Morgan fingerprint density at radius 3 is 2.69 bits per heavy atom. The van der Waals surface area contributed by atoms with Crippen molar-refractivity contribution in [2.75, 3.05) is 13.1 Å². The van der Waals surface area contributed by atoms with Crippen molar-refractivity contribution in [2.45, 2.75) is 25.4 Å². The van der Waals surface area contributed by atoms with E-state index in [-0.39, 0.29) is 0 Å². The van der Waals surface area contributed by atoms with E-state index >= 15 is 0 Å². The highest BCUT2D eigenvalue weighted by Gasteiger charge is 2.34. The van der Waals surface area contributed by atoms with Gasteiger partial charge in [-0.05, 0) is 44.3 Å². The molecule has 0 aromatic carbocycles. The summed E-state index contributed by atoms with van der Waals surface area (Å²) in [5.74, 6) is 0. The van der Waals surface area contributed by atoms with Gasteiger partial charge in [0.1, 0.15) is 5.67 Å². The van der Waals surface area contributed by atoms with E-state index in [0.29, 0.717) is 12.8 Å². The highest BCUT2D eigenvalue weighted by Crippen LogP contribution is 2.36. The van der Waals surface area contributed by atoms with E-state index in [1.165, 1.54) is 4.88 Å². The molecule has 0 atom stereocenters. The van der Waals surface area contributed by atoms with Crippen LogP contribution in [0.3, 0.4) is 0 Å². The predicted octanol–water partition coefficient (Wildman–Crippen LogP) is 2.60. The highest BCUT2D eigenvalue weighted by atomic mass is 32.1. The van der Waals surface area contributed by atoms with Crippen LogP contribution < -0.4 is 5.32 Å². The van der Waals surface area contributed by atoms with E-state index in [2.05, 4.69) is 5.32 Å². The number of piperidine rings is 1. The van der Waals surface area contributed by atoms with E-state index < -0.39 is 5.67 Å². The highest BCUT2D eigenvalue weighted by molar-refractivity contribution is 7.10. The van der Waals surface area contributed by atoms with Crippen molar-refractivity contribution in [3.8, 4) is 0 Å². The summed E-state index contributed by atoms with van der Waals surface area (Å²) < 4.78 is 14.3. The minimum Gasteiger partial charge on any atom is -0.316 e. The molecule has 0 saturated carbocycles. The third-order valence-electron chi connectivity index (χ3n) is 2.64. The van der Waals surface area contributed by atoms with Crippen LogP contribution >= 0.6 is 11.3 Å². The fourth-order valence-electron chi connectivity index (χ4n) is 1.79. The SMILES string of the molecule is Cc1cc(C2(F)CCNCC2)cs1. The maximum atomic E-state index is 14.3. The second-order valence-corrected chi connectivity index (χ2v) is 4.78. The van der Waals surface area contributed by atoms with Gasteiger partial charge in [-0.1, -0.05) is 0 Å². The summed E-state index contributed by atoms with van der Waals surface area (Å²) in [6, 6.07) is 1.98. The summed E-state index contributed by atoms with van der Waals surface area (Å²) in [4.78, 5) is 1.20. The number of aryl methyl sites for hydroxylation is 1. The van der Waals surface area contributed by atoms with Crippen LogP contribution in [0.5, 0.6) is 0 Å². The largest absolute Gasteiger partial charge is 0.316 e. The van der Waals surface area contributed by atoms with Crippen molar-refractivity contribution in [3.05, 3.63) is 21.9 Å². The summed E-state index contributed by atoms with van der Waals surface area (Å²) in [6.07, 6.45) is 1.23. The van der Waals surface area contributed by atoms with Crippen molar-refractivity contribution in [2.24, 2.45) is 0 Å². The summed E-state index contributed by atoms with van der Waals surface area (Å²) >= 11 is 1.64. The minimum absolute atomic E-state index is 0.614. The molecule has 0 bridgehead atoms. The van der Waals surface area contributed by atoms with Gasteiger partial charge in [-0.2, -0.15) is 0 Å². The van der Waals surface area contributed by atoms with Crippen molar-refractivity contribution in [1.29, 1.82) is 0 Å². The number of alkyl halides is 1. The normalized spacial score (nSPS) is 21.7. The Morgan fingerprint density at radius 1 is 1.46 bits per heavy atom. The fourth-order valence-corrected chi connectivity index (χ4v) is 2.58. The fraction of sp³-hybridized carbons (Fsp3) is 0.600. The first-order valence-electron chi connectivity index (χ1n) is 4.66. The number of halogens is 1. The zero-order valence-electron chi connectivity index (χ0n) is 7.77. The Kier molecular flexibility index (Phi) is 2.39. The molecule has 0 spiro atoms. The Morgan fingerprint density at radius 2 is 2.15 bits per heavy atom. The van der Waals surface area contributed by atoms with Crippen LogP contribution in [-0.4, -0.2) is 13.1 Å². The lowest BCUT2D eigenvalue weighted by Crippen LogP contribution is -2.36. The van der Waals surface area contributed by atoms with Crippen molar-refractivity contribution < 1.29 is 4.39 Å². The van der Waals surface area contributed by atoms with Gasteiger partial charge in [0.25, 0.3) is 0 Å². The Bertz CT molecular complexity index is 289. The number of hydrogen-bond donors (Lipinski definition) is 1. The first kappa shape index (κ1) is 9.16. The molecule has 1 saturated heterocycles. The molecule has 0 aliphatic carbocycles. The average Bonchev–Trinajstić information content (AvgIpc) is 2.54. The minimum atomic E-state index is -1.06. The summed E-state index contributed by atoms with van der Waals surface area (Å²) in [7, 11) is 0. The molecule has 13 heavy (non-hydrogen) atoms. The maximum absolute atomic E-state index is 14.3. The number of rotatable bonds is 1. The number of thiophene rings is 1. The van der Waals surface area contributed by atoms with Crippen molar-refractivity contribution >= 4 is 11.3 Å². The third kappa shape index (κ3) is 1.76. The molecule has 1 nitrogen and oxygen atoms in total. The van der Waals surface area contributed by atoms with Crippen LogP contribution in [0.15, 0.2) is 11.4 Å². The molecule has 2 rings (SSSR count). The van der Waals surface area contributed by atoms with Crippen LogP contribution in [0, 0.1) is 6.92 Å².